The summed E-state index contributed by atoms with van der Waals surface area (Å²) in [4.78, 5) is 10.4. The second-order valence-electron chi connectivity index (χ2n) is 6.07. The third kappa shape index (κ3) is 4.63. The second kappa shape index (κ2) is 8.49. The minimum absolute atomic E-state index is 0.0567. The number of benzene rings is 2. The van der Waals surface area contributed by atoms with Crippen LogP contribution in [0.1, 0.15) is 11.1 Å². The van der Waals surface area contributed by atoms with E-state index in [2.05, 4.69) is 34.8 Å². The van der Waals surface area contributed by atoms with Crippen molar-refractivity contribution in [2.75, 3.05) is 17.7 Å². The molecule has 0 aliphatic rings. The number of thiocarbonyl (C=S) groups is 1. The number of nitro benzene ring substituents is 1. The van der Waals surface area contributed by atoms with E-state index < -0.39 is 4.92 Å². The van der Waals surface area contributed by atoms with Gasteiger partial charge in [-0.25, -0.2) is 0 Å². The standard InChI is InChI=1S/C19H19N5O3S/c1-13-5-3-4-6-14(13)11-23-12-15(10-20-23)21-19(28)22-17-8-7-16(24(25)26)9-18(17)27-2/h3-10,12H,11H2,1-2H3,(H2,21,22,28). The van der Waals surface area contributed by atoms with Crippen LogP contribution in [-0.4, -0.2) is 26.9 Å². The van der Waals surface area contributed by atoms with E-state index in [1.54, 1.807) is 12.3 Å². The first kappa shape index (κ1) is 19.3. The highest BCUT2D eigenvalue weighted by Gasteiger charge is 2.12. The van der Waals surface area contributed by atoms with Gasteiger partial charge in [0, 0.05) is 12.3 Å². The maximum absolute atomic E-state index is 10.9. The van der Waals surface area contributed by atoms with E-state index in [0.29, 0.717) is 23.1 Å². The van der Waals surface area contributed by atoms with Crippen molar-refractivity contribution in [3.05, 3.63) is 76.1 Å². The van der Waals surface area contributed by atoms with Crippen LogP contribution < -0.4 is 15.4 Å². The summed E-state index contributed by atoms with van der Waals surface area (Å²) in [6, 6.07) is 12.4. The fourth-order valence-electron chi connectivity index (χ4n) is 2.66. The van der Waals surface area contributed by atoms with Crippen LogP contribution in [0.5, 0.6) is 5.75 Å². The predicted octanol–water partition coefficient (Wildman–Crippen LogP) is 3.97. The highest BCUT2D eigenvalue weighted by Crippen LogP contribution is 2.29. The number of aryl methyl sites for hydroxylation is 1. The van der Waals surface area contributed by atoms with Gasteiger partial charge in [0.15, 0.2) is 5.11 Å². The minimum atomic E-state index is -0.480. The molecule has 0 atom stereocenters. The number of ether oxygens (including phenoxy) is 1. The van der Waals surface area contributed by atoms with Crippen molar-refractivity contribution in [1.82, 2.24) is 9.78 Å². The zero-order valence-corrected chi connectivity index (χ0v) is 16.2. The summed E-state index contributed by atoms with van der Waals surface area (Å²) in [6.45, 7) is 2.72. The lowest BCUT2D eigenvalue weighted by molar-refractivity contribution is -0.384. The maximum Gasteiger partial charge on any atom is 0.273 e. The number of rotatable bonds is 6. The zero-order valence-electron chi connectivity index (χ0n) is 15.4. The fraction of sp³-hybridized carbons (Fsp3) is 0.158. The van der Waals surface area contributed by atoms with Crippen LogP contribution in [0.25, 0.3) is 0 Å². The highest BCUT2D eigenvalue weighted by atomic mass is 32.1. The Bertz CT molecular complexity index is 1020. The van der Waals surface area contributed by atoms with Gasteiger partial charge in [-0.2, -0.15) is 5.10 Å². The van der Waals surface area contributed by atoms with E-state index in [1.807, 2.05) is 23.0 Å². The maximum atomic E-state index is 10.9. The molecule has 0 aliphatic heterocycles. The number of non-ortho nitro benzene ring substituents is 1. The van der Waals surface area contributed by atoms with Crippen molar-refractivity contribution < 1.29 is 9.66 Å². The van der Waals surface area contributed by atoms with Crippen molar-refractivity contribution >= 4 is 34.4 Å². The van der Waals surface area contributed by atoms with Gasteiger partial charge in [-0.05, 0) is 36.3 Å². The molecule has 2 aromatic carbocycles. The molecule has 0 fully saturated rings. The van der Waals surface area contributed by atoms with Gasteiger partial charge < -0.3 is 15.4 Å². The van der Waals surface area contributed by atoms with Gasteiger partial charge in [-0.1, -0.05) is 24.3 Å². The van der Waals surface area contributed by atoms with Crippen molar-refractivity contribution in [1.29, 1.82) is 0 Å². The summed E-state index contributed by atoms with van der Waals surface area (Å²) in [5.41, 5.74) is 3.59. The SMILES string of the molecule is COc1cc([N+](=O)[O-])ccc1NC(=S)Nc1cnn(Cc2ccccc2C)c1. The lowest BCUT2D eigenvalue weighted by atomic mass is 10.1. The molecule has 1 heterocycles. The predicted molar refractivity (Wildman–Crippen MR) is 112 cm³/mol. The number of anilines is 2. The first-order chi connectivity index (χ1) is 13.5. The molecule has 144 valence electrons. The molecular weight excluding hydrogens is 378 g/mol. The lowest BCUT2D eigenvalue weighted by Gasteiger charge is -2.12. The van der Waals surface area contributed by atoms with Gasteiger partial charge in [-0.15, -0.1) is 0 Å². The Morgan fingerprint density at radius 1 is 1.29 bits per heavy atom. The van der Waals surface area contributed by atoms with Gasteiger partial charge in [0.2, 0.25) is 0 Å². The summed E-state index contributed by atoms with van der Waals surface area (Å²) in [5, 5.41) is 21.6. The van der Waals surface area contributed by atoms with E-state index in [0.717, 1.165) is 5.69 Å². The Morgan fingerprint density at radius 2 is 2.07 bits per heavy atom. The molecule has 0 radical (unpaired) electrons. The number of aromatic nitrogens is 2. The van der Waals surface area contributed by atoms with E-state index in [9.17, 15) is 10.1 Å². The van der Waals surface area contributed by atoms with Crippen LogP contribution in [0.15, 0.2) is 54.9 Å². The Kier molecular flexibility index (Phi) is 5.85. The van der Waals surface area contributed by atoms with Crippen molar-refractivity contribution in [2.45, 2.75) is 13.5 Å². The van der Waals surface area contributed by atoms with E-state index in [-0.39, 0.29) is 5.69 Å². The smallest absolute Gasteiger partial charge is 0.273 e. The molecule has 0 aliphatic carbocycles. The second-order valence-corrected chi connectivity index (χ2v) is 6.48. The zero-order chi connectivity index (χ0) is 20.1. The number of nitrogens with zero attached hydrogens (tertiary/aromatic N) is 3. The molecule has 0 unspecified atom stereocenters. The highest BCUT2D eigenvalue weighted by molar-refractivity contribution is 7.80. The van der Waals surface area contributed by atoms with Crippen LogP contribution >= 0.6 is 12.2 Å². The average molecular weight is 397 g/mol. The Labute approximate surface area is 167 Å². The molecule has 0 bridgehead atoms. The monoisotopic (exact) mass is 397 g/mol. The van der Waals surface area contributed by atoms with Gasteiger partial charge in [-0.3, -0.25) is 14.8 Å². The summed E-state index contributed by atoms with van der Waals surface area (Å²) in [6.07, 6.45) is 3.53. The van der Waals surface area contributed by atoms with Crippen LogP contribution in [0.3, 0.4) is 0 Å². The van der Waals surface area contributed by atoms with Gasteiger partial charge >= 0.3 is 0 Å². The fourth-order valence-corrected chi connectivity index (χ4v) is 2.89. The molecule has 28 heavy (non-hydrogen) atoms. The van der Waals surface area contributed by atoms with Crippen LogP contribution in [0, 0.1) is 17.0 Å². The third-order valence-corrected chi connectivity index (χ3v) is 4.33. The molecule has 0 saturated carbocycles. The normalized spacial score (nSPS) is 10.4. The molecule has 0 spiro atoms. The van der Waals surface area contributed by atoms with Crippen LogP contribution in [0.4, 0.5) is 17.1 Å². The van der Waals surface area contributed by atoms with Crippen molar-refractivity contribution in [3.8, 4) is 5.75 Å². The molecule has 0 saturated heterocycles. The third-order valence-electron chi connectivity index (χ3n) is 4.13. The largest absolute Gasteiger partial charge is 0.494 e. The first-order valence-corrected chi connectivity index (χ1v) is 8.84. The summed E-state index contributed by atoms with van der Waals surface area (Å²) in [7, 11) is 1.44. The molecule has 2 N–H and O–H groups in total. The quantitative estimate of drug-likeness (QED) is 0.369. The van der Waals surface area contributed by atoms with Crippen LogP contribution in [0.2, 0.25) is 0 Å². The van der Waals surface area contributed by atoms with Crippen molar-refractivity contribution in [2.24, 2.45) is 0 Å². The van der Waals surface area contributed by atoms with Gasteiger partial charge in [0.1, 0.15) is 5.75 Å². The van der Waals surface area contributed by atoms with Gasteiger partial charge in [0.05, 0.1) is 42.2 Å². The summed E-state index contributed by atoms with van der Waals surface area (Å²) >= 11 is 5.32. The topological polar surface area (TPSA) is 94.2 Å². The lowest BCUT2D eigenvalue weighted by Crippen LogP contribution is -2.19. The number of hydrogen-bond donors (Lipinski definition) is 2. The summed E-state index contributed by atoms with van der Waals surface area (Å²) < 4.78 is 7.02. The molecule has 8 nitrogen and oxygen atoms in total. The molecule has 0 amide bonds. The van der Waals surface area contributed by atoms with E-state index in [1.165, 1.54) is 30.4 Å². The minimum Gasteiger partial charge on any atom is -0.494 e. The van der Waals surface area contributed by atoms with E-state index in [4.69, 9.17) is 17.0 Å². The number of methoxy groups -OCH3 is 1. The molecule has 3 rings (SSSR count). The molecule has 3 aromatic rings. The molecule has 9 heteroatoms. The number of nitrogens with one attached hydrogen (secondary N) is 2. The van der Waals surface area contributed by atoms with Gasteiger partial charge in [0.25, 0.3) is 5.69 Å². The average Bonchev–Trinajstić information content (AvgIpc) is 3.10. The van der Waals surface area contributed by atoms with Crippen LogP contribution in [-0.2, 0) is 6.54 Å². The Hall–Kier alpha value is -3.46. The first-order valence-electron chi connectivity index (χ1n) is 8.43. The van der Waals surface area contributed by atoms with E-state index >= 15 is 0 Å². The summed E-state index contributed by atoms with van der Waals surface area (Å²) in [5.74, 6) is 0.327. The Morgan fingerprint density at radius 3 is 2.79 bits per heavy atom. The van der Waals surface area contributed by atoms with Crippen molar-refractivity contribution in [3.63, 3.8) is 0 Å². The molecule has 1 aromatic heterocycles. The Balaban J connectivity index is 1.65. The number of nitro groups is 1. The molecular formula is C19H19N5O3S. The number of hydrogen-bond acceptors (Lipinski definition) is 5.